The first-order chi connectivity index (χ1) is 8.69. The van der Waals surface area contributed by atoms with E-state index in [2.05, 4.69) is 0 Å². The van der Waals surface area contributed by atoms with Crippen LogP contribution in [0.3, 0.4) is 0 Å². The highest BCUT2D eigenvalue weighted by Crippen LogP contribution is 2.12. The second kappa shape index (κ2) is 5.47. The van der Waals surface area contributed by atoms with Gasteiger partial charge in [0.05, 0.1) is 0 Å². The topological polar surface area (TPSA) is 47.3 Å². The van der Waals surface area contributed by atoms with Crippen molar-refractivity contribution in [2.75, 3.05) is 0 Å². The van der Waals surface area contributed by atoms with Gasteiger partial charge < -0.3 is 4.42 Å². The van der Waals surface area contributed by atoms with Crippen LogP contribution in [-0.4, -0.2) is 12.1 Å². The number of carbonyl (C=O) groups is 2. The van der Waals surface area contributed by atoms with Crippen LogP contribution in [0.2, 0.25) is 5.02 Å². The minimum Gasteiger partial charge on any atom is -0.450 e. The van der Waals surface area contributed by atoms with Crippen LogP contribution in [0.4, 0.5) is 0 Å². The van der Waals surface area contributed by atoms with Crippen molar-refractivity contribution in [1.29, 1.82) is 0 Å². The van der Waals surface area contributed by atoms with Gasteiger partial charge in [-0.3, -0.25) is 9.59 Å². The van der Waals surface area contributed by atoms with Gasteiger partial charge in [-0.2, -0.15) is 0 Å². The molecule has 0 spiro atoms. The van der Waals surface area contributed by atoms with Crippen molar-refractivity contribution in [2.24, 2.45) is 0 Å². The van der Waals surface area contributed by atoms with E-state index >= 15 is 0 Å². The van der Waals surface area contributed by atoms with Crippen LogP contribution < -0.4 is 0 Å². The molecule has 2 rings (SSSR count). The fraction of sp³-hybridized carbons (Fsp3) is 0. The molecule has 0 aliphatic rings. The van der Waals surface area contributed by atoms with Crippen LogP contribution in [0.1, 0.15) is 26.7 Å². The standard InChI is InChI=1S/C14H9ClO3/c15-11-4-1-10(2-5-11)3-7-13(17)14-8-6-12(9-16)18-14/h1-9H. The first-order valence-corrected chi connectivity index (χ1v) is 5.60. The third kappa shape index (κ3) is 2.96. The van der Waals surface area contributed by atoms with E-state index in [1.165, 1.54) is 18.2 Å². The smallest absolute Gasteiger partial charge is 0.221 e. The molecule has 18 heavy (non-hydrogen) atoms. The van der Waals surface area contributed by atoms with Crippen LogP contribution in [-0.2, 0) is 0 Å². The number of carbonyl (C=O) groups excluding carboxylic acids is 2. The number of hydrogen-bond acceptors (Lipinski definition) is 3. The molecule has 0 aliphatic heterocycles. The van der Waals surface area contributed by atoms with E-state index in [-0.39, 0.29) is 17.3 Å². The largest absolute Gasteiger partial charge is 0.450 e. The van der Waals surface area contributed by atoms with Gasteiger partial charge in [-0.1, -0.05) is 29.8 Å². The van der Waals surface area contributed by atoms with Crippen LogP contribution in [0, 0.1) is 0 Å². The SMILES string of the molecule is O=Cc1ccc(C(=O)C=Cc2ccc(Cl)cc2)o1. The lowest BCUT2D eigenvalue weighted by Gasteiger charge is -1.93. The summed E-state index contributed by atoms with van der Waals surface area (Å²) in [6.07, 6.45) is 3.60. The summed E-state index contributed by atoms with van der Waals surface area (Å²) in [5, 5.41) is 0.639. The molecular weight excluding hydrogens is 252 g/mol. The molecule has 90 valence electrons. The molecule has 0 N–H and O–H groups in total. The molecule has 1 aromatic carbocycles. The highest BCUT2D eigenvalue weighted by molar-refractivity contribution is 6.30. The van der Waals surface area contributed by atoms with Crippen molar-refractivity contribution >= 4 is 29.7 Å². The zero-order chi connectivity index (χ0) is 13.0. The number of furan rings is 1. The number of benzene rings is 1. The van der Waals surface area contributed by atoms with Crippen LogP contribution in [0.15, 0.2) is 46.9 Å². The van der Waals surface area contributed by atoms with Crippen molar-refractivity contribution in [1.82, 2.24) is 0 Å². The number of halogens is 1. The van der Waals surface area contributed by atoms with E-state index in [1.807, 2.05) is 0 Å². The van der Waals surface area contributed by atoms with Gasteiger partial charge in [-0.25, -0.2) is 0 Å². The maximum absolute atomic E-state index is 11.7. The van der Waals surface area contributed by atoms with E-state index in [0.29, 0.717) is 11.3 Å². The highest BCUT2D eigenvalue weighted by atomic mass is 35.5. The molecule has 0 saturated heterocycles. The van der Waals surface area contributed by atoms with Gasteiger partial charge in [0.2, 0.25) is 5.78 Å². The second-order valence-electron chi connectivity index (χ2n) is 3.57. The Bertz CT molecular complexity index is 594. The zero-order valence-electron chi connectivity index (χ0n) is 9.30. The lowest BCUT2D eigenvalue weighted by Crippen LogP contribution is -1.90. The number of allylic oxidation sites excluding steroid dienone is 1. The summed E-state index contributed by atoms with van der Waals surface area (Å²) in [6, 6.07) is 10.00. The van der Waals surface area contributed by atoms with Crippen molar-refractivity contribution < 1.29 is 14.0 Å². The van der Waals surface area contributed by atoms with Gasteiger partial charge in [0.1, 0.15) is 0 Å². The summed E-state index contributed by atoms with van der Waals surface area (Å²) in [6.45, 7) is 0. The normalized spacial score (nSPS) is 10.7. The van der Waals surface area contributed by atoms with Crippen molar-refractivity contribution in [3.8, 4) is 0 Å². The minimum atomic E-state index is -0.293. The van der Waals surface area contributed by atoms with E-state index in [0.717, 1.165) is 5.56 Å². The summed E-state index contributed by atoms with van der Waals surface area (Å²) in [5.74, 6) is -0.0152. The third-order valence-corrected chi connectivity index (χ3v) is 2.53. The molecule has 0 saturated carbocycles. The van der Waals surface area contributed by atoms with E-state index < -0.39 is 0 Å². The number of hydrogen-bond donors (Lipinski definition) is 0. The molecule has 0 fully saturated rings. The first kappa shape index (κ1) is 12.3. The van der Waals surface area contributed by atoms with Gasteiger partial charge in [0, 0.05) is 5.02 Å². The van der Waals surface area contributed by atoms with Crippen molar-refractivity contribution in [3.05, 3.63) is 64.6 Å². The third-order valence-electron chi connectivity index (χ3n) is 2.28. The Morgan fingerprint density at radius 3 is 2.44 bits per heavy atom. The quantitative estimate of drug-likeness (QED) is 0.479. The fourth-order valence-corrected chi connectivity index (χ4v) is 1.50. The van der Waals surface area contributed by atoms with Gasteiger partial charge in [0.25, 0.3) is 0 Å². The molecule has 4 heteroatoms. The number of rotatable bonds is 4. The van der Waals surface area contributed by atoms with Gasteiger partial charge in [-0.05, 0) is 35.9 Å². The van der Waals surface area contributed by atoms with E-state index in [4.69, 9.17) is 16.0 Å². The Morgan fingerprint density at radius 2 is 1.83 bits per heavy atom. The maximum atomic E-state index is 11.7. The van der Waals surface area contributed by atoms with Crippen molar-refractivity contribution in [2.45, 2.75) is 0 Å². The summed E-state index contributed by atoms with van der Waals surface area (Å²) in [7, 11) is 0. The first-order valence-electron chi connectivity index (χ1n) is 5.22. The summed E-state index contributed by atoms with van der Waals surface area (Å²) in [5.41, 5.74) is 0.856. The number of aldehydes is 1. The van der Waals surface area contributed by atoms with Gasteiger partial charge in [-0.15, -0.1) is 0 Å². The summed E-state index contributed by atoms with van der Waals surface area (Å²) >= 11 is 5.75. The Labute approximate surface area is 109 Å². The Morgan fingerprint density at radius 1 is 1.11 bits per heavy atom. The highest BCUT2D eigenvalue weighted by Gasteiger charge is 2.07. The second-order valence-corrected chi connectivity index (χ2v) is 4.01. The van der Waals surface area contributed by atoms with Gasteiger partial charge in [0.15, 0.2) is 17.8 Å². The molecule has 1 heterocycles. The lowest BCUT2D eigenvalue weighted by atomic mass is 10.2. The average Bonchev–Trinajstić information content (AvgIpc) is 2.86. The predicted molar refractivity (Wildman–Crippen MR) is 68.9 cm³/mol. The predicted octanol–water partition coefficient (Wildman–Crippen LogP) is 3.64. The molecule has 0 amide bonds. The monoisotopic (exact) mass is 260 g/mol. The number of ketones is 1. The molecular formula is C14H9ClO3. The maximum Gasteiger partial charge on any atom is 0.221 e. The van der Waals surface area contributed by atoms with E-state index in [9.17, 15) is 9.59 Å². The average molecular weight is 261 g/mol. The zero-order valence-corrected chi connectivity index (χ0v) is 10.1. The molecule has 1 aromatic heterocycles. The molecule has 0 unspecified atom stereocenters. The Balaban J connectivity index is 2.11. The molecule has 0 radical (unpaired) electrons. The molecule has 2 aromatic rings. The van der Waals surface area contributed by atoms with Crippen LogP contribution >= 0.6 is 11.6 Å². The van der Waals surface area contributed by atoms with E-state index in [1.54, 1.807) is 30.3 Å². The summed E-state index contributed by atoms with van der Waals surface area (Å²) in [4.78, 5) is 22.1. The molecule has 3 nitrogen and oxygen atoms in total. The lowest BCUT2D eigenvalue weighted by molar-refractivity contribution is 0.101. The summed E-state index contributed by atoms with van der Waals surface area (Å²) < 4.78 is 5.01. The Hall–Kier alpha value is -2.13. The molecule has 0 atom stereocenters. The Kier molecular flexibility index (Phi) is 3.75. The minimum absolute atomic E-state index is 0.137. The van der Waals surface area contributed by atoms with Crippen LogP contribution in [0.5, 0.6) is 0 Å². The fourth-order valence-electron chi connectivity index (χ4n) is 1.38. The van der Waals surface area contributed by atoms with Crippen molar-refractivity contribution in [3.63, 3.8) is 0 Å². The van der Waals surface area contributed by atoms with Gasteiger partial charge >= 0.3 is 0 Å². The van der Waals surface area contributed by atoms with Crippen LogP contribution in [0.25, 0.3) is 6.08 Å². The molecule has 0 aliphatic carbocycles. The molecule has 0 bridgehead atoms.